The van der Waals surface area contributed by atoms with Gasteiger partial charge in [-0.2, -0.15) is 0 Å². The zero-order chi connectivity index (χ0) is 34.2. The summed E-state index contributed by atoms with van der Waals surface area (Å²) in [7, 11) is 0. The van der Waals surface area contributed by atoms with Crippen LogP contribution in [0.2, 0.25) is 0 Å². The van der Waals surface area contributed by atoms with Crippen LogP contribution in [0.3, 0.4) is 0 Å². The Kier molecular flexibility index (Phi) is 13.5. The molecule has 2 fully saturated rings. The molecule has 8 nitrogen and oxygen atoms in total. The Labute approximate surface area is 274 Å². The first-order valence-corrected chi connectivity index (χ1v) is 16.5. The largest absolute Gasteiger partial charge is 0.396 e. The molecular weight excluding hydrogens is 580 g/mol. The highest BCUT2D eigenvalue weighted by Gasteiger charge is 2.64. The van der Waals surface area contributed by atoms with Gasteiger partial charge >= 0.3 is 0 Å². The molecule has 0 bridgehead atoms. The minimum absolute atomic E-state index is 0.0412. The highest BCUT2D eigenvalue weighted by atomic mass is 16.3. The van der Waals surface area contributed by atoms with Gasteiger partial charge in [-0.15, -0.1) is 0 Å². The van der Waals surface area contributed by atoms with E-state index in [0.29, 0.717) is 61.7 Å². The SMILES string of the molecule is C=C(C=CC=C(CO)[C@@H]1CC[C@@]2([C@H](CCCO)C(=C(C)C(=O)Cc3cccc(C(N)N)c3)CC[C@@]2(C)O)[C@@H]1O)[C@H](O)CC=C(C)C. The maximum Gasteiger partial charge on any atom is 0.162 e. The number of carbonyl (C=O) groups excluding carboxylic acids is 1. The Morgan fingerprint density at radius 1 is 1.17 bits per heavy atom. The van der Waals surface area contributed by atoms with Gasteiger partial charge in [-0.25, -0.2) is 0 Å². The molecule has 1 aromatic carbocycles. The minimum atomic E-state index is -1.24. The monoisotopic (exact) mass is 636 g/mol. The molecule has 0 unspecified atom stereocenters. The molecule has 0 saturated heterocycles. The van der Waals surface area contributed by atoms with Crippen molar-refractivity contribution in [2.45, 2.75) is 103 Å². The number of benzene rings is 1. The summed E-state index contributed by atoms with van der Waals surface area (Å²) in [6.45, 7) is 11.2. The van der Waals surface area contributed by atoms with Gasteiger partial charge in [0.1, 0.15) is 0 Å². The van der Waals surface area contributed by atoms with Gasteiger partial charge in [-0.1, -0.05) is 66.3 Å². The van der Waals surface area contributed by atoms with Crippen molar-refractivity contribution >= 4 is 5.78 Å². The van der Waals surface area contributed by atoms with Gasteiger partial charge in [0.25, 0.3) is 0 Å². The van der Waals surface area contributed by atoms with Crippen molar-refractivity contribution in [1.29, 1.82) is 0 Å². The lowest BCUT2D eigenvalue weighted by atomic mass is 9.52. The number of hydrogen-bond donors (Lipinski definition) is 7. The van der Waals surface area contributed by atoms with E-state index in [-0.39, 0.29) is 31.3 Å². The summed E-state index contributed by atoms with van der Waals surface area (Å²) < 4.78 is 0. The first-order valence-electron chi connectivity index (χ1n) is 16.5. The van der Waals surface area contributed by atoms with E-state index < -0.39 is 35.3 Å². The molecule has 3 rings (SSSR count). The first kappa shape index (κ1) is 37.8. The third-order valence-corrected chi connectivity index (χ3v) is 10.4. The van der Waals surface area contributed by atoms with Gasteiger partial charge in [0.05, 0.1) is 30.6 Å². The van der Waals surface area contributed by atoms with Crippen molar-refractivity contribution in [3.63, 3.8) is 0 Å². The normalized spacial score (nSPS) is 28.6. The summed E-state index contributed by atoms with van der Waals surface area (Å²) in [5.74, 6) is -0.794. The second-order valence-corrected chi connectivity index (χ2v) is 13.7. The summed E-state index contributed by atoms with van der Waals surface area (Å²) in [4.78, 5) is 13.7. The molecule has 46 heavy (non-hydrogen) atoms. The third kappa shape index (κ3) is 8.42. The summed E-state index contributed by atoms with van der Waals surface area (Å²) in [6, 6.07) is 7.39. The van der Waals surface area contributed by atoms with Crippen LogP contribution >= 0.6 is 0 Å². The lowest BCUT2D eigenvalue weighted by Crippen LogP contribution is -2.59. The van der Waals surface area contributed by atoms with Crippen LogP contribution in [0.5, 0.6) is 0 Å². The van der Waals surface area contributed by atoms with Gasteiger partial charge in [0.15, 0.2) is 5.78 Å². The smallest absolute Gasteiger partial charge is 0.162 e. The zero-order valence-electron chi connectivity index (χ0n) is 28.1. The van der Waals surface area contributed by atoms with Gasteiger partial charge in [0.2, 0.25) is 0 Å². The molecule has 0 aliphatic heterocycles. The third-order valence-electron chi connectivity index (χ3n) is 10.4. The average Bonchev–Trinajstić information content (AvgIpc) is 3.36. The number of hydrogen-bond acceptors (Lipinski definition) is 8. The highest BCUT2D eigenvalue weighted by Crippen LogP contribution is 2.63. The van der Waals surface area contributed by atoms with E-state index in [4.69, 9.17) is 11.5 Å². The molecule has 2 saturated carbocycles. The van der Waals surface area contributed by atoms with E-state index in [9.17, 15) is 30.3 Å². The molecule has 6 atom stereocenters. The quantitative estimate of drug-likeness (QED) is 0.0679. The number of ketones is 1. The number of allylic oxidation sites excluding steroid dienone is 5. The van der Waals surface area contributed by atoms with E-state index >= 15 is 0 Å². The average molecular weight is 637 g/mol. The molecule has 1 spiro atoms. The molecule has 0 heterocycles. The van der Waals surface area contributed by atoms with Crippen molar-refractivity contribution in [1.82, 2.24) is 0 Å². The van der Waals surface area contributed by atoms with Crippen LogP contribution in [-0.4, -0.2) is 62.3 Å². The molecule has 0 amide bonds. The number of rotatable bonds is 14. The van der Waals surface area contributed by atoms with Crippen LogP contribution in [0.1, 0.15) is 89.9 Å². The Balaban J connectivity index is 1.95. The lowest BCUT2D eigenvalue weighted by molar-refractivity contribution is -0.167. The van der Waals surface area contributed by atoms with Crippen molar-refractivity contribution in [3.8, 4) is 0 Å². The number of carbonyl (C=O) groups is 1. The number of nitrogens with two attached hydrogens (primary N) is 2. The Bertz CT molecular complexity index is 1350. The second kappa shape index (κ2) is 16.4. The minimum Gasteiger partial charge on any atom is -0.396 e. The second-order valence-electron chi connectivity index (χ2n) is 13.7. The fraction of sp³-hybridized carbons (Fsp3) is 0.553. The van der Waals surface area contributed by atoms with Crippen LogP contribution < -0.4 is 11.5 Å². The molecule has 2 aliphatic carbocycles. The molecule has 9 N–H and O–H groups in total. The van der Waals surface area contributed by atoms with Crippen LogP contribution in [0.4, 0.5) is 0 Å². The van der Waals surface area contributed by atoms with Crippen LogP contribution in [0.25, 0.3) is 0 Å². The summed E-state index contributed by atoms with van der Waals surface area (Å²) in [5, 5.41) is 54.8. The summed E-state index contributed by atoms with van der Waals surface area (Å²) >= 11 is 0. The molecule has 0 aromatic heterocycles. The Hall–Kier alpha value is -2.69. The predicted molar refractivity (Wildman–Crippen MR) is 183 cm³/mol. The van der Waals surface area contributed by atoms with Crippen molar-refractivity contribution < 1.29 is 30.3 Å². The molecule has 2 aliphatic rings. The molecule has 8 heteroatoms. The van der Waals surface area contributed by atoms with E-state index in [0.717, 1.165) is 22.3 Å². The van der Waals surface area contributed by atoms with E-state index in [2.05, 4.69) is 6.58 Å². The first-order chi connectivity index (χ1) is 21.7. The van der Waals surface area contributed by atoms with E-state index in [1.165, 1.54) is 0 Å². The fourth-order valence-corrected chi connectivity index (χ4v) is 7.67. The molecule has 1 aromatic rings. The van der Waals surface area contributed by atoms with Crippen molar-refractivity contribution in [2.75, 3.05) is 13.2 Å². The molecular formula is C38H56N2O6. The number of aliphatic hydroxyl groups excluding tert-OH is 4. The Morgan fingerprint density at radius 3 is 2.52 bits per heavy atom. The van der Waals surface area contributed by atoms with Crippen LogP contribution in [0.15, 0.2) is 83.0 Å². The predicted octanol–water partition coefficient (Wildman–Crippen LogP) is 4.47. The number of Topliss-reactive ketones (excluding diaryl/α,β-unsaturated/α-hetero) is 1. The van der Waals surface area contributed by atoms with Crippen molar-refractivity contribution in [2.24, 2.45) is 28.7 Å². The number of aliphatic hydroxyl groups is 5. The van der Waals surface area contributed by atoms with Crippen LogP contribution in [0, 0.1) is 17.3 Å². The maximum absolute atomic E-state index is 13.7. The maximum atomic E-state index is 13.7. The van der Waals surface area contributed by atoms with Gasteiger partial charge in [-0.05, 0) is 106 Å². The lowest BCUT2D eigenvalue weighted by Gasteiger charge is -2.55. The van der Waals surface area contributed by atoms with E-state index in [1.807, 2.05) is 51.1 Å². The fourth-order valence-electron chi connectivity index (χ4n) is 7.67. The zero-order valence-corrected chi connectivity index (χ0v) is 28.1. The Morgan fingerprint density at radius 2 is 1.89 bits per heavy atom. The van der Waals surface area contributed by atoms with E-state index in [1.54, 1.807) is 25.2 Å². The summed E-state index contributed by atoms with van der Waals surface area (Å²) in [5.41, 5.74) is 14.9. The highest BCUT2D eigenvalue weighted by molar-refractivity contribution is 5.97. The standard InChI is InChI=1S/C38H56N2O6/c1-24(2)14-15-33(43)25(3)9-6-12-29(23-42)31-17-19-38(35(31)45)32(13-8-20-41)30(16-18-37(38,5)46)26(4)34(44)22-27-10-7-11-28(21-27)36(39)40/h6-7,9-12,14,21,31-33,35-36,41-43,45-46H,3,8,13,15-20,22-23,39-40H2,1-2,4-5H3/t31-,32+,33+,35+,37+,38+/m0/s1. The van der Waals surface area contributed by atoms with Crippen LogP contribution in [-0.2, 0) is 11.2 Å². The van der Waals surface area contributed by atoms with Gasteiger partial charge in [-0.3, -0.25) is 4.79 Å². The summed E-state index contributed by atoms with van der Waals surface area (Å²) in [6.07, 6.45) is 8.35. The van der Waals surface area contributed by atoms with Gasteiger partial charge < -0.3 is 37.0 Å². The molecule has 254 valence electrons. The van der Waals surface area contributed by atoms with Crippen molar-refractivity contribution in [3.05, 3.63) is 94.1 Å². The molecule has 0 radical (unpaired) electrons. The topological polar surface area (TPSA) is 170 Å². The van der Waals surface area contributed by atoms with Gasteiger partial charge in [0, 0.05) is 24.4 Å².